The maximum atomic E-state index is 11.7. The number of anilines is 2. The third kappa shape index (κ3) is 3.92. The Morgan fingerprint density at radius 2 is 2.20 bits per heavy atom. The summed E-state index contributed by atoms with van der Waals surface area (Å²) >= 11 is 0. The SMILES string of the molecule is CCOc1nc(NN)nc(N(C)CC(=O)NC2CC2)n1. The number of ether oxygens (including phenoxy) is 1. The van der Waals surface area contributed by atoms with Gasteiger partial charge in [0.15, 0.2) is 0 Å². The first-order valence-electron chi connectivity index (χ1n) is 6.48. The van der Waals surface area contributed by atoms with Crippen molar-refractivity contribution in [2.45, 2.75) is 25.8 Å². The monoisotopic (exact) mass is 281 g/mol. The lowest BCUT2D eigenvalue weighted by Gasteiger charge is -2.17. The number of carbonyl (C=O) groups is 1. The molecule has 110 valence electrons. The topological polar surface area (TPSA) is 118 Å². The van der Waals surface area contributed by atoms with Gasteiger partial charge in [0, 0.05) is 13.1 Å². The van der Waals surface area contributed by atoms with E-state index in [9.17, 15) is 4.79 Å². The van der Waals surface area contributed by atoms with Gasteiger partial charge in [0.05, 0.1) is 13.2 Å². The highest BCUT2D eigenvalue weighted by atomic mass is 16.5. The number of nitrogens with one attached hydrogen (secondary N) is 2. The summed E-state index contributed by atoms with van der Waals surface area (Å²) < 4.78 is 5.23. The number of nitrogens with two attached hydrogens (primary N) is 1. The lowest BCUT2D eigenvalue weighted by molar-refractivity contribution is -0.119. The van der Waals surface area contributed by atoms with E-state index < -0.39 is 0 Å². The normalized spacial score (nSPS) is 13.8. The van der Waals surface area contributed by atoms with Gasteiger partial charge in [-0.2, -0.15) is 15.0 Å². The van der Waals surface area contributed by atoms with Gasteiger partial charge in [-0.3, -0.25) is 10.2 Å². The summed E-state index contributed by atoms with van der Waals surface area (Å²) in [5.41, 5.74) is 2.35. The van der Waals surface area contributed by atoms with E-state index in [0.29, 0.717) is 18.6 Å². The highest BCUT2D eigenvalue weighted by Gasteiger charge is 2.24. The molecule has 1 aromatic heterocycles. The van der Waals surface area contributed by atoms with Crippen molar-refractivity contribution >= 4 is 17.8 Å². The Hall–Kier alpha value is -2.16. The second-order valence-corrected chi connectivity index (χ2v) is 4.52. The zero-order valence-electron chi connectivity index (χ0n) is 11.6. The second-order valence-electron chi connectivity index (χ2n) is 4.52. The fourth-order valence-electron chi connectivity index (χ4n) is 1.56. The van der Waals surface area contributed by atoms with Gasteiger partial charge in [-0.05, 0) is 19.8 Å². The van der Waals surface area contributed by atoms with E-state index in [0.717, 1.165) is 12.8 Å². The molecule has 0 atom stereocenters. The van der Waals surface area contributed by atoms with Crippen LogP contribution in [0.2, 0.25) is 0 Å². The molecule has 1 saturated carbocycles. The highest BCUT2D eigenvalue weighted by molar-refractivity contribution is 5.81. The maximum Gasteiger partial charge on any atom is 0.323 e. The van der Waals surface area contributed by atoms with Crippen LogP contribution in [0, 0.1) is 0 Å². The van der Waals surface area contributed by atoms with Crippen molar-refractivity contribution in [2.24, 2.45) is 5.84 Å². The van der Waals surface area contributed by atoms with Crippen LogP contribution < -0.4 is 26.2 Å². The van der Waals surface area contributed by atoms with Crippen LogP contribution >= 0.6 is 0 Å². The van der Waals surface area contributed by atoms with Crippen molar-refractivity contribution in [3.63, 3.8) is 0 Å². The Balaban J connectivity index is 2.04. The lowest BCUT2D eigenvalue weighted by Crippen LogP contribution is -2.37. The molecule has 0 unspecified atom stereocenters. The molecule has 1 aromatic rings. The third-order valence-corrected chi connectivity index (χ3v) is 2.67. The molecule has 0 spiro atoms. The number of nitrogen functional groups attached to an aromatic ring is 1. The number of hydrogen-bond donors (Lipinski definition) is 3. The number of nitrogens with zero attached hydrogens (tertiary/aromatic N) is 4. The molecule has 0 radical (unpaired) electrons. The summed E-state index contributed by atoms with van der Waals surface area (Å²) in [7, 11) is 1.72. The summed E-state index contributed by atoms with van der Waals surface area (Å²) in [6, 6.07) is 0.495. The fraction of sp³-hybridized carbons (Fsp3) is 0.636. The molecular weight excluding hydrogens is 262 g/mol. The Morgan fingerprint density at radius 3 is 2.80 bits per heavy atom. The lowest BCUT2D eigenvalue weighted by atomic mass is 10.5. The van der Waals surface area contributed by atoms with Gasteiger partial charge in [-0.1, -0.05) is 0 Å². The average molecular weight is 281 g/mol. The average Bonchev–Trinajstić information content (AvgIpc) is 3.22. The van der Waals surface area contributed by atoms with Crippen molar-refractivity contribution in [3.8, 4) is 6.01 Å². The summed E-state index contributed by atoms with van der Waals surface area (Å²) in [5.74, 6) is 5.75. The van der Waals surface area contributed by atoms with Crippen molar-refractivity contribution < 1.29 is 9.53 Å². The summed E-state index contributed by atoms with van der Waals surface area (Å²) in [5, 5.41) is 2.90. The molecule has 0 saturated heterocycles. The fourth-order valence-corrected chi connectivity index (χ4v) is 1.56. The van der Waals surface area contributed by atoms with Crippen LogP contribution in [0.15, 0.2) is 0 Å². The van der Waals surface area contributed by atoms with Gasteiger partial charge in [-0.15, -0.1) is 0 Å². The summed E-state index contributed by atoms with van der Waals surface area (Å²) in [4.78, 5) is 25.5. The van der Waals surface area contributed by atoms with Crippen LogP contribution in [0.3, 0.4) is 0 Å². The molecule has 20 heavy (non-hydrogen) atoms. The minimum atomic E-state index is -0.0596. The number of amides is 1. The minimum absolute atomic E-state index is 0.0596. The van der Waals surface area contributed by atoms with E-state index in [-0.39, 0.29) is 24.4 Å². The molecule has 0 bridgehead atoms. The summed E-state index contributed by atoms with van der Waals surface area (Å²) in [6.07, 6.45) is 2.11. The first-order valence-corrected chi connectivity index (χ1v) is 6.48. The maximum absolute atomic E-state index is 11.7. The standard InChI is InChI=1S/C11H19N7O2/c1-3-20-11-15-9(17-12)14-10(16-11)18(2)6-8(19)13-7-4-5-7/h7H,3-6,12H2,1-2H3,(H,13,19)(H,14,15,16,17). The van der Waals surface area contributed by atoms with Crippen LogP contribution in [0.25, 0.3) is 0 Å². The largest absolute Gasteiger partial charge is 0.464 e. The molecule has 2 rings (SSSR count). The van der Waals surface area contributed by atoms with Gasteiger partial charge in [0.25, 0.3) is 0 Å². The van der Waals surface area contributed by atoms with Crippen LogP contribution in [0.1, 0.15) is 19.8 Å². The van der Waals surface area contributed by atoms with Crippen LogP contribution in [-0.2, 0) is 4.79 Å². The van der Waals surface area contributed by atoms with Crippen molar-refractivity contribution in [1.29, 1.82) is 0 Å². The molecule has 9 heteroatoms. The van der Waals surface area contributed by atoms with Crippen molar-refractivity contribution in [3.05, 3.63) is 0 Å². The Labute approximate surface area is 116 Å². The van der Waals surface area contributed by atoms with Crippen LogP contribution in [0.5, 0.6) is 6.01 Å². The van der Waals surface area contributed by atoms with Gasteiger partial charge in [0.2, 0.25) is 17.8 Å². The number of carbonyl (C=O) groups excluding carboxylic acids is 1. The predicted molar refractivity (Wildman–Crippen MR) is 73.2 cm³/mol. The molecule has 0 aliphatic heterocycles. The van der Waals surface area contributed by atoms with E-state index in [1.54, 1.807) is 11.9 Å². The van der Waals surface area contributed by atoms with Crippen LogP contribution in [-0.4, -0.2) is 47.1 Å². The Kier molecular flexibility index (Phi) is 4.51. The molecule has 1 aliphatic rings. The smallest absolute Gasteiger partial charge is 0.323 e. The predicted octanol–water partition coefficient (Wildman–Crippen LogP) is -0.729. The number of hydrazine groups is 1. The Bertz CT molecular complexity index is 478. The third-order valence-electron chi connectivity index (χ3n) is 2.67. The zero-order chi connectivity index (χ0) is 14.5. The summed E-state index contributed by atoms with van der Waals surface area (Å²) in [6.45, 7) is 2.42. The second kappa shape index (κ2) is 6.33. The molecule has 1 aliphatic carbocycles. The highest BCUT2D eigenvalue weighted by Crippen LogP contribution is 2.18. The molecule has 1 amide bonds. The van der Waals surface area contributed by atoms with Crippen molar-refractivity contribution in [1.82, 2.24) is 20.3 Å². The first-order chi connectivity index (χ1) is 9.62. The Morgan fingerprint density at radius 1 is 1.45 bits per heavy atom. The number of likely N-dealkylation sites (N-methyl/N-ethyl adjacent to an activating group) is 1. The quantitative estimate of drug-likeness (QED) is 0.442. The van der Waals surface area contributed by atoms with E-state index in [2.05, 4.69) is 25.7 Å². The van der Waals surface area contributed by atoms with E-state index in [4.69, 9.17) is 10.6 Å². The number of rotatable bonds is 7. The molecule has 9 nitrogen and oxygen atoms in total. The van der Waals surface area contributed by atoms with E-state index in [1.165, 1.54) is 0 Å². The molecule has 1 fully saturated rings. The number of hydrogen-bond acceptors (Lipinski definition) is 8. The van der Waals surface area contributed by atoms with E-state index >= 15 is 0 Å². The van der Waals surface area contributed by atoms with Gasteiger partial charge in [0.1, 0.15) is 0 Å². The molecule has 1 heterocycles. The van der Waals surface area contributed by atoms with E-state index in [1.807, 2.05) is 6.92 Å². The molecule has 0 aromatic carbocycles. The van der Waals surface area contributed by atoms with Gasteiger partial charge >= 0.3 is 6.01 Å². The number of aromatic nitrogens is 3. The van der Waals surface area contributed by atoms with Crippen molar-refractivity contribution in [2.75, 3.05) is 30.5 Å². The van der Waals surface area contributed by atoms with Crippen LogP contribution in [0.4, 0.5) is 11.9 Å². The van der Waals surface area contributed by atoms with Gasteiger partial charge < -0.3 is 15.0 Å². The molecular formula is C11H19N7O2. The van der Waals surface area contributed by atoms with Gasteiger partial charge in [-0.25, -0.2) is 5.84 Å². The molecule has 4 N–H and O–H groups in total. The first kappa shape index (κ1) is 14.3. The minimum Gasteiger partial charge on any atom is -0.464 e. The zero-order valence-corrected chi connectivity index (χ0v) is 11.6.